The minimum atomic E-state index is -0.949. The predicted octanol–water partition coefficient (Wildman–Crippen LogP) is 3.45. The van der Waals surface area contributed by atoms with Crippen molar-refractivity contribution in [3.05, 3.63) is 22.8 Å². The summed E-state index contributed by atoms with van der Waals surface area (Å²) in [6, 6.07) is 3.06. The smallest absolute Gasteiger partial charge is 0.339 e. The average Bonchev–Trinajstić information content (AvgIpc) is 2.39. The van der Waals surface area contributed by atoms with Crippen LogP contribution in [0.1, 0.15) is 43.0 Å². The van der Waals surface area contributed by atoms with E-state index in [1.807, 2.05) is 4.90 Å². The van der Waals surface area contributed by atoms with Crippen LogP contribution in [0.2, 0.25) is 5.15 Å². The van der Waals surface area contributed by atoms with Gasteiger partial charge in [-0.15, -0.1) is 0 Å². The summed E-state index contributed by atoms with van der Waals surface area (Å²) in [5.41, 5.74) is 0.235. The molecule has 0 bridgehead atoms. The maximum absolute atomic E-state index is 11.2. The highest BCUT2D eigenvalue weighted by atomic mass is 35.5. The van der Waals surface area contributed by atoms with Gasteiger partial charge in [-0.3, -0.25) is 0 Å². The van der Waals surface area contributed by atoms with E-state index in [2.05, 4.69) is 11.9 Å². The van der Waals surface area contributed by atoms with E-state index in [4.69, 9.17) is 11.6 Å². The standard InChI is InChI=1S/C14H19ClN2O2/c1-2-3-10-6-8-17(9-7-10)13-11(14(18)19)4-5-12(15)16-13/h4-5,10H,2-3,6-9H2,1H3,(H,18,19). The van der Waals surface area contributed by atoms with Gasteiger partial charge in [0.15, 0.2) is 0 Å². The number of aromatic nitrogens is 1. The van der Waals surface area contributed by atoms with Gasteiger partial charge < -0.3 is 10.0 Å². The van der Waals surface area contributed by atoms with Crippen molar-refractivity contribution in [2.75, 3.05) is 18.0 Å². The third kappa shape index (κ3) is 3.38. The topological polar surface area (TPSA) is 53.4 Å². The number of rotatable bonds is 4. The molecule has 1 aliphatic heterocycles. The first-order valence-corrected chi connectivity index (χ1v) is 7.14. The minimum Gasteiger partial charge on any atom is -0.478 e. The van der Waals surface area contributed by atoms with Gasteiger partial charge in [-0.1, -0.05) is 31.4 Å². The Morgan fingerprint density at radius 2 is 2.16 bits per heavy atom. The maximum Gasteiger partial charge on any atom is 0.339 e. The van der Waals surface area contributed by atoms with Gasteiger partial charge in [0.25, 0.3) is 0 Å². The molecule has 1 aromatic heterocycles. The van der Waals surface area contributed by atoms with Crippen LogP contribution in [-0.4, -0.2) is 29.1 Å². The van der Waals surface area contributed by atoms with Crippen LogP contribution in [0.4, 0.5) is 5.82 Å². The van der Waals surface area contributed by atoms with E-state index in [-0.39, 0.29) is 5.56 Å². The Morgan fingerprint density at radius 3 is 2.74 bits per heavy atom. The number of hydrogen-bond donors (Lipinski definition) is 1. The molecule has 0 aliphatic carbocycles. The van der Waals surface area contributed by atoms with Crippen molar-refractivity contribution in [2.24, 2.45) is 5.92 Å². The first-order chi connectivity index (χ1) is 9.11. The third-order valence-electron chi connectivity index (χ3n) is 3.68. The van der Waals surface area contributed by atoms with Crippen LogP contribution >= 0.6 is 11.6 Å². The number of piperidine rings is 1. The molecular weight excluding hydrogens is 264 g/mol. The predicted molar refractivity (Wildman–Crippen MR) is 76.1 cm³/mol. The lowest BCUT2D eigenvalue weighted by Gasteiger charge is -2.33. The molecule has 104 valence electrons. The normalized spacial score (nSPS) is 16.6. The summed E-state index contributed by atoms with van der Waals surface area (Å²) < 4.78 is 0. The van der Waals surface area contributed by atoms with Crippen LogP contribution in [0, 0.1) is 5.92 Å². The van der Waals surface area contributed by atoms with E-state index in [9.17, 15) is 9.90 Å². The summed E-state index contributed by atoms with van der Waals surface area (Å²) in [5, 5.41) is 9.56. The Bertz CT molecular complexity index is 457. The highest BCUT2D eigenvalue weighted by molar-refractivity contribution is 6.29. The SMILES string of the molecule is CCCC1CCN(c2nc(Cl)ccc2C(=O)O)CC1. The summed E-state index contributed by atoms with van der Waals surface area (Å²) in [7, 11) is 0. The van der Waals surface area contributed by atoms with Crippen molar-refractivity contribution in [1.82, 2.24) is 4.98 Å². The fourth-order valence-corrected chi connectivity index (χ4v) is 2.82. The fourth-order valence-electron chi connectivity index (χ4n) is 2.67. The summed E-state index contributed by atoms with van der Waals surface area (Å²) in [5.74, 6) is 0.318. The molecule has 0 saturated carbocycles. The molecule has 0 atom stereocenters. The first kappa shape index (κ1) is 14.1. The third-order valence-corrected chi connectivity index (χ3v) is 3.89. The number of halogens is 1. The van der Waals surface area contributed by atoms with Crippen LogP contribution in [0.5, 0.6) is 0 Å². The molecule has 4 nitrogen and oxygen atoms in total. The van der Waals surface area contributed by atoms with Gasteiger partial charge in [-0.25, -0.2) is 9.78 Å². The molecule has 1 aromatic rings. The van der Waals surface area contributed by atoms with Crippen molar-refractivity contribution < 1.29 is 9.90 Å². The van der Waals surface area contributed by atoms with Gasteiger partial charge >= 0.3 is 5.97 Å². The first-order valence-electron chi connectivity index (χ1n) is 6.76. The molecule has 0 radical (unpaired) electrons. The van der Waals surface area contributed by atoms with E-state index in [0.29, 0.717) is 11.0 Å². The van der Waals surface area contributed by atoms with Gasteiger partial charge in [-0.2, -0.15) is 0 Å². The largest absolute Gasteiger partial charge is 0.478 e. The minimum absolute atomic E-state index is 0.235. The number of hydrogen-bond acceptors (Lipinski definition) is 3. The lowest BCUT2D eigenvalue weighted by atomic mass is 9.92. The second-order valence-corrected chi connectivity index (χ2v) is 5.42. The molecule has 0 aromatic carbocycles. The lowest BCUT2D eigenvalue weighted by Crippen LogP contribution is -2.35. The molecule has 0 amide bonds. The lowest BCUT2D eigenvalue weighted by molar-refractivity contribution is 0.0697. The van der Waals surface area contributed by atoms with Gasteiger partial charge in [0.1, 0.15) is 16.5 Å². The Morgan fingerprint density at radius 1 is 1.47 bits per heavy atom. The van der Waals surface area contributed by atoms with Gasteiger partial charge in [-0.05, 0) is 30.9 Å². The summed E-state index contributed by atoms with van der Waals surface area (Å²) in [4.78, 5) is 17.5. The van der Waals surface area contributed by atoms with Crippen LogP contribution in [-0.2, 0) is 0 Å². The zero-order valence-corrected chi connectivity index (χ0v) is 11.9. The fraction of sp³-hybridized carbons (Fsp3) is 0.571. The van der Waals surface area contributed by atoms with E-state index in [1.165, 1.54) is 25.0 Å². The number of pyridine rings is 1. The molecule has 2 rings (SSSR count). The van der Waals surface area contributed by atoms with Crippen LogP contribution in [0.15, 0.2) is 12.1 Å². The Kier molecular flexibility index (Phi) is 4.64. The van der Waals surface area contributed by atoms with Gasteiger partial charge in [0.2, 0.25) is 0 Å². The monoisotopic (exact) mass is 282 g/mol. The van der Waals surface area contributed by atoms with Crippen LogP contribution in [0.3, 0.4) is 0 Å². The van der Waals surface area contributed by atoms with Crippen molar-refractivity contribution >= 4 is 23.4 Å². The average molecular weight is 283 g/mol. The Balaban J connectivity index is 2.14. The molecule has 1 aliphatic rings. The molecule has 0 spiro atoms. The maximum atomic E-state index is 11.2. The van der Waals surface area contributed by atoms with Crippen molar-refractivity contribution in [1.29, 1.82) is 0 Å². The molecule has 1 N–H and O–H groups in total. The number of aromatic carboxylic acids is 1. The van der Waals surface area contributed by atoms with E-state index < -0.39 is 5.97 Å². The van der Waals surface area contributed by atoms with Crippen LogP contribution in [0.25, 0.3) is 0 Å². The highest BCUT2D eigenvalue weighted by Gasteiger charge is 2.23. The number of carboxylic acid groups (broad SMARTS) is 1. The molecule has 19 heavy (non-hydrogen) atoms. The Hall–Kier alpha value is -1.29. The number of nitrogens with zero attached hydrogens (tertiary/aromatic N) is 2. The Labute approximate surface area is 118 Å². The summed E-state index contributed by atoms with van der Waals surface area (Å²) in [6.07, 6.45) is 4.66. The van der Waals surface area contributed by atoms with Crippen molar-refractivity contribution in [2.45, 2.75) is 32.6 Å². The number of carbonyl (C=O) groups is 1. The van der Waals surface area contributed by atoms with Crippen molar-refractivity contribution in [3.8, 4) is 0 Å². The second kappa shape index (κ2) is 6.24. The zero-order chi connectivity index (χ0) is 13.8. The zero-order valence-electron chi connectivity index (χ0n) is 11.1. The summed E-state index contributed by atoms with van der Waals surface area (Å²) >= 11 is 5.89. The van der Waals surface area contributed by atoms with Gasteiger partial charge in [0, 0.05) is 13.1 Å². The van der Waals surface area contributed by atoms with E-state index in [0.717, 1.165) is 31.8 Å². The van der Waals surface area contributed by atoms with Crippen molar-refractivity contribution in [3.63, 3.8) is 0 Å². The molecule has 1 fully saturated rings. The molecule has 0 unspecified atom stereocenters. The van der Waals surface area contributed by atoms with Gasteiger partial charge in [0.05, 0.1) is 0 Å². The van der Waals surface area contributed by atoms with E-state index in [1.54, 1.807) is 0 Å². The highest BCUT2D eigenvalue weighted by Crippen LogP contribution is 2.28. The summed E-state index contributed by atoms with van der Waals surface area (Å²) in [6.45, 7) is 3.92. The number of carboxylic acids is 1. The molecule has 2 heterocycles. The molecule has 1 saturated heterocycles. The van der Waals surface area contributed by atoms with E-state index >= 15 is 0 Å². The molecular formula is C14H19ClN2O2. The number of anilines is 1. The second-order valence-electron chi connectivity index (χ2n) is 5.03. The van der Waals surface area contributed by atoms with Crippen LogP contribution < -0.4 is 4.90 Å². The molecule has 5 heteroatoms. The quantitative estimate of drug-likeness (QED) is 0.860.